The molecule has 1 aromatic carbocycles. The first kappa shape index (κ1) is 10.2. The molecule has 0 aliphatic heterocycles. The molecule has 0 radical (unpaired) electrons. The summed E-state index contributed by atoms with van der Waals surface area (Å²) in [5.41, 5.74) is 0. The Labute approximate surface area is 92.3 Å². The van der Waals surface area contributed by atoms with Crippen molar-refractivity contribution in [2.24, 2.45) is 0 Å². The number of rotatable bonds is 5. The minimum Gasteiger partial charge on any atom is -0.224 e. The predicted molar refractivity (Wildman–Crippen MR) is 62.4 cm³/mol. The molecule has 15 heavy (non-hydrogen) atoms. The zero-order valence-corrected chi connectivity index (χ0v) is 9.20. The molecule has 0 aliphatic rings. The fourth-order valence-electron chi connectivity index (χ4n) is 1.11. The molecule has 3 heteroatoms. The smallest absolute Gasteiger partial charge is 0.178 e. The summed E-state index contributed by atoms with van der Waals surface area (Å²) in [7, 11) is -3.27. The highest BCUT2D eigenvalue weighted by Gasteiger charge is 2.11. The Hall–Kier alpha value is -1.35. The average molecular weight is 223 g/mol. The van der Waals surface area contributed by atoms with Crippen molar-refractivity contribution in [3.8, 4) is 0 Å². The molecule has 0 spiro atoms. The highest BCUT2D eigenvalue weighted by atomic mass is 32.2. The van der Waals surface area contributed by atoms with Gasteiger partial charge in [-0.2, -0.15) is 0 Å². The molecule has 0 aliphatic carbocycles. The Morgan fingerprint density at radius 2 is 2.00 bits per heavy atom. The minimum absolute atomic E-state index is 0.0415. The maximum Gasteiger partial charge on any atom is 0.178 e. The lowest BCUT2D eigenvalue weighted by molar-refractivity contribution is 0.596. The topological polar surface area (TPSA) is 34.1 Å². The molecule has 0 heterocycles. The van der Waals surface area contributed by atoms with E-state index in [1.165, 1.54) is 12.2 Å². The third kappa shape index (κ3) is 3.72. The highest BCUT2D eigenvalue weighted by Crippen LogP contribution is 2.11. The van der Waals surface area contributed by atoms with Crippen LogP contribution in [0.4, 0.5) is 0 Å². The van der Waals surface area contributed by atoms with Crippen molar-refractivity contribution in [3.05, 3.63) is 55.1 Å². The van der Waals surface area contributed by atoms with Gasteiger partial charge in [0.05, 0.1) is 12.0 Å². The quantitative estimate of drug-likeness (QED) is 0.719. The van der Waals surface area contributed by atoms with Gasteiger partial charge in [-0.25, -0.2) is 8.42 Å². The minimum atomic E-state index is -3.27. The van der Waals surface area contributed by atoms with Gasteiger partial charge in [-0.1, -0.05) is 43.0 Å². The molecule has 0 bridgehead atoms. The molecular formula is C12H14O2S. The number of hydrogen-bond acceptors (Lipinski definition) is 2. The third-order valence-electron chi connectivity index (χ3n) is 1.85. The van der Waals surface area contributed by atoms with Crippen LogP contribution < -0.4 is 0 Å². The SMILES string of the molecule is [2H]/C(=C\C=C)CCS(=O)(=O)c1ccccc1. The van der Waals surface area contributed by atoms with E-state index in [2.05, 4.69) is 6.58 Å². The number of sulfone groups is 1. The molecule has 0 amide bonds. The second-order valence-electron chi connectivity index (χ2n) is 2.99. The highest BCUT2D eigenvalue weighted by molar-refractivity contribution is 7.91. The molecule has 0 unspecified atom stereocenters. The fraction of sp³-hybridized carbons (Fsp3) is 0.167. The van der Waals surface area contributed by atoms with Crippen LogP contribution >= 0.6 is 0 Å². The van der Waals surface area contributed by atoms with Gasteiger partial charge in [-0.3, -0.25) is 0 Å². The van der Waals surface area contributed by atoms with E-state index in [1.54, 1.807) is 30.3 Å². The maximum atomic E-state index is 11.8. The van der Waals surface area contributed by atoms with E-state index in [1.807, 2.05) is 0 Å². The van der Waals surface area contributed by atoms with Crippen LogP contribution in [0.2, 0.25) is 0 Å². The lowest BCUT2D eigenvalue weighted by atomic mass is 10.4. The van der Waals surface area contributed by atoms with E-state index >= 15 is 0 Å². The van der Waals surface area contributed by atoms with E-state index in [4.69, 9.17) is 1.37 Å². The van der Waals surface area contributed by atoms with E-state index in [9.17, 15) is 8.42 Å². The van der Waals surface area contributed by atoms with Crippen molar-refractivity contribution < 1.29 is 9.79 Å². The van der Waals surface area contributed by atoms with Crippen LogP contribution in [-0.4, -0.2) is 14.2 Å². The van der Waals surface area contributed by atoms with Crippen molar-refractivity contribution in [1.29, 1.82) is 0 Å². The maximum absolute atomic E-state index is 11.8. The van der Waals surface area contributed by atoms with Crippen molar-refractivity contribution >= 4 is 9.84 Å². The Morgan fingerprint density at radius 1 is 1.33 bits per heavy atom. The molecule has 80 valence electrons. The average Bonchev–Trinajstić information content (AvgIpc) is 2.28. The Bertz CT molecular complexity index is 475. The van der Waals surface area contributed by atoms with Crippen LogP contribution in [0.25, 0.3) is 0 Å². The lowest BCUT2D eigenvalue weighted by Crippen LogP contribution is -2.05. The fourth-order valence-corrected chi connectivity index (χ4v) is 2.30. The normalized spacial score (nSPS) is 13.3. The van der Waals surface area contributed by atoms with Crippen LogP contribution in [0.5, 0.6) is 0 Å². The standard InChI is InChI=1S/C12H14O2S/c1-2-3-4-8-11-15(13,14)12-9-6-5-7-10-12/h2-7,9-10H,1,8,11H2/b4-3+/i4D. The first-order valence-corrected chi connectivity index (χ1v) is 6.27. The van der Waals surface area contributed by atoms with Crippen molar-refractivity contribution in [2.45, 2.75) is 11.3 Å². The monoisotopic (exact) mass is 223 g/mol. The summed E-state index contributed by atoms with van der Waals surface area (Å²) in [6, 6.07) is 8.55. The number of hydrogen-bond donors (Lipinski definition) is 0. The number of benzene rings is 1. The van der Waals surface area contributed by atoms with Crippen molar-refractivity contribution in [2.75, 3.05) is 5.75 Å². The van der Waals surface area contributed by atoms with Gasteiger partial charge < -0.3 is 0 Å². The van der Waals surface area contributed by atoms with Gasteiger partial charge >= 0.3 is 0 Å². The van der Waals surface area contributed by atoms with Crippen LogP contribution in [0, 0.1) is 0 Å². The molecule has 0 atom stereocenters. The Morgan fingerprint density at radius 3 is 2.60 bits per heavy atom. The second kappa shape index (κ2) is 5.51. The van der Waals surface area contributed by atoms with E-state index < -0.39 is 9.84 Å². The largest absolute Gasteiger partial charge is 0.224 e. The molecule has 0 saturated heterocycles. The number of allylic oxidation sites excluding steroid dienone is 3. The van der Waals surface area contributed by atoms with Gasteiger partial charge in [0, 0.05) is 0 Å². The predicted octanol–water partition coefficient (Wildman–Crippen LogP) is 2.59. The summed E-state index contributed by atoms with van der Waals surface area (Å²) in [6.45, 7) is 3.46. The molecule has 1 rings (SSSR count). The van der Waals surface area contributed by atoms with Gasteiger partial charge in [-0.05, 0) is 18.6 Å². The zero-order chi connectivity index (χ0) is 12.0. The molecule has 0 saturated carbocycles. The zero-order valence-electron chi connectivity index (χ0n) is 9.39. The van der Waals surface area contributed by atoms with Crippen molar-refractivity contribution in [1.82, 2.24) is 0 Å². The third-order valence-corrected chi connectivity index (χ3v) is 3.59. The molecule has 2 nitrogen and oxygen atoms in total. The van der Waals surface area contributed by atoms with Crippen molar-refractivity contribution in [3.63, 3.8) is 0 Å². The summed E-state index contributed by atoms with van der Waals surface area (Å²) in [6.07, 6.45) is 3.20. The first-order valence-electron chi connectivity index (χ1n) is 5.12. The molecule has 0 aromatic heterocycles. The van der Waals surface area contributed by atoms with Gasteiger partial charge in [0.1, 0.15) is 0 Å². The molecule has 0 fully saturated rings. The van der Waals surface area contributed by atoms with E-state index in [-0.39, 0.29) is 18.2 Å². The second-order valence-corrected chi connectivity index (χ2v) is 5.10. The van der Waals surface area contributed by atoms with Crippen LogP contribution in [0.15, 0.2) is 60.0 Å². The Kier molecular flexibility index (Phi) is 3.74. The van der Waals surface area contributed by atoms with E-state index in [0.717, 1.165) is 0 Å². The molecule has 1 aromatic rings. The summed E-state index contributed by atoms with van der Waals surface area (Å²) >= 11 is 0. The summed E-state index contributed by atoms with van der Waals surface area (Å²) in [4.78, 5) is 0.307. The summed E-state index contributed by atoms with van der Waals surface area (Å²) < 4.78 is 31.0. The first-order chi connectivity index (χ1) is 7.56. The van der Waals surface area contributed by atoms with E-state index in [0.29, 0.717) is 4.90 Å². The summed E-state index contributed by atoms with van der Waals surface area (Å²) in [5.74, 6) is -0.0415. The van der Waals surface area contributed by atoms with Gasteiger partial charge in [0.2, 0.25) is 0 Å². The Balaban J connectivity index is 2.74. The van der Waals surface area contributed by atoms with Crippen LogP contribution in [0.3, 0.4) is 0 Å². The lowest BCUT2D eigenvalue weighted by Gasteiger charge is -2.01. The van der Waals surface area contributed by atoms with Crippen LogP contribution in [-0.2, 0) is 9.84 Å². The molecule has 0 N–H and O–H groups in total. The molecular weight excluding hydrogens is 208 g/mol. The van der Waals surface area contributed by atoms with Crippen LogP contribution in [0.1, 0.15) is 7.79 Å². The summed E-state index contributed by atoms with van der Waals surface area (Å²) in [5, 5.41) is 0. The van der Waals surface area contributed by atoms with Gasteiger partial charge in [0.15, 0.2) is 9.84 Å². The van der Waals surface area contributed by atoms with Gasteiger partial charge in [0.25, 0.3) is 0 Å². The van der Waals surface area contributed by atoms with Gasteiger partial charge in [-0.15, -0.1) is 0 Å².